The largest absolute Gasteiger partial charge is 0.369 e. The molecule has 0 spiro atoms. The van der Waals surface area contributed by atoms with Crippen molar-refractivity contribution >= 4 is 23.3 Å². The summed E-state index contributed by atoms with van der Waals surface area (Å²) < 4.78 is 5.60. The monoisotopic (exact) mass is 549 g/mol. The number of nitrogens with one attached hydrogen (secondary N) is 1. The summed E-state index contributed by atoms with van der Waals surface area (Å²) in [4.78, 5) is 49.4. The van der Waals surface area contributed by atoms with Crippen molar-refractivity contribution in [3.63, 3.8) is 0 Å². The van der Waals surface area contributed by atoms with Crippen LogP contribution in [0.5, 0.6) is 0 Å². The quantitative estimate of drug-likeness (QED) is 0.316. The van der Waals surface area contributed by atoms with Gasteiger partial charge in [0, 0.05) is 54.9 Å². The van der Waals surface area contributed by atoms with Crippen LogP contribution in [-0.2, 0) is 14.3 Å². The molecule has 214 valence electrons. The van der Waals surface area contributed by atoms with Crippen LogP contribution in [0.3, 0.4) is 0 Å². The van der Waals surface area contributed by atoms with Gasteiger partial charge in [-0.3, -0.25) is 19.3 Å². The molecule has 6 rings (SSSR count). The van der Waals surface area contributed by atoms with Gasteiger partial charge in [-0.05, 0) is 61.4 Å². The zero-order valence-electron chi connectivity index (χ0n) is 23.0. The summed E-state index contributed by atoms with van der Waals surface area (Å²) in [6.07, 6.45) is 8.18. The van der Waals surface area contributed by atoms with E-state index in [1.165, 1.54) is 24.2 Å². The number of piperazine rings is 1. The number of likely N-dealkylation sites (tertiary alicyclic amines) is 1. The topological polar surface area (TPSA) is 131 Å². The molecule has 5 aliphatic rings. The van der Waals surface area contributed by atoms with E-state index in [2.05, 4.69) is 25.1 Å². The van der Waals surface area contributed by atoms with Crippen LogP contribution in [-0.4, -0.2) is 97.0 Å². The lowest BCUT2D eigenvalue weighted by Crippen LogP contribution is -2.55. The molecule has 11 nitrogen and oxygen atoms in total. The summed E-state index contributed by atoms with van der Waals surface area (Å²) in [7, 11) is 0. The van der Waals surface area contributed by atoms with E-state index >= 15 is 0 Å². The summed E-state index contributed by atoms with van der Waals surface area (Å²) in [6, 6.07) is 6.30. The molecule has 3 heterocycles. The third-order valence-electron chi connectivity index (χ3n) is 9.71. The van der Waals surface area contributed by atoms with Crippen LogP contribution in [0, 0.1) is 5.92 Å². The second-order valence-corrected chi connectivity index (χ2v) is 12.0. The molecule has 1 aromatic rings. The summed E-state index contributed by atoms with van der Waals surface area (Å²) in [5.74, 6) is -0.773. The summed E-state index contributed by atoms with van der Waals surface area (Å²) >= 11 is 0. The molecular formula is C29H39N7O4. The molecule has 11 heteroatoms. The number of amides is 2. The lowest BCUT2D eigenvalue weighted by atomic mass is 9.83. The minimum absolute atomic E-state index is 0.00849. The highest BCUT2D eigenvalue weighted by Gasteiger charge is 2.53. The molecule has 0 unspecified atom stereocenters. The Balaban J connectivity index is 1.14. The van der Waals surface area contributed by atoms with Crippen molar-refractivity contribution in [1.82, 2.24) is 15.1 Å². The van der Waals surface area contributed by atoms with Gasteiger partial charge >= 0.3 is 0 Å². The minimum atomic E-state index is -0.768. The first-order valence-electron chi connectivity index (χ1n) is 14.9. The average Bonchev–Trinajstić information content (AvgIpc) is 3.52. The number of rotatable bonds is 7. The van der Waals surface area contributed by atoms with Gasteiger partial charge in [-0.25, -0.2) is 0 Å². The van der Waals surface area contributed by atoms with E-state index < -0.39 is 24.2 Å². The minimum Gasteiger partial charge on any atom is -0.369 e. The molecule has 3 saturated heterocycles. The smallest absolute Gasteiger partial charge is 0.251 e. The first-order valence-corrected chi connectivity index (χ1v) is 14.9. The highest BCUT2D eigenvalue weighted by atomic mass is 16.5. The van der Waals surface area contributed by atoms with Crippen LogP contribution in [0.1, 0.15) is 61.7 Å². The van der Waals surface area contributed by atoms with E-state index in [4.69, 9.17) is 10.3 Å². The Morgan fingerprint density at radius 3 is 2.38 bits per heavy atom. The zero-order valence-corrected chi connectivity index (χ0v) is 23.0. The molecule has 0 aromatic heterocycles. The van der Waals surface area contributed by atoms with Gasteiger partial charge in [0.2, 0.25) is 5.91 Å². The zero-order chi connectivity index (χ0) is 27.6. The fourth-order valence-electron chi connectivity index (χ4n) is 7.20. The van der Waals surface area contributed by atoms with Crippen molar-refractivity contribution in [1.29, 1.82) is 0 Å². The maximum atomic E-state index is 14.0. The number of ketones is 1. The van der Waals surface area contributed by atoms with Crippen LogP contribution in [0.15, 0.2) is 29.4 Å². The molecule has 4 atom stereocenters. The van der Waals surface area contributed by atoms with Crippen LogP contribution in [0.2, 0.25) is 0 Å². The molecule has 0 bridgehead atoms. The number of hydrogen-bond donors (Lipinski definition) is 1. The molecule has 5 fully saturated rings. The number of Topliss-reactive ketones (excluding diaryl/α,β-unsaturated/α-hetero) is 1. The van der Waals surface area contributed by atoms with E-state index in [1.54, 1.807) is 0 Å². The second kappa shape index (κ2) is 11.8. The predicted molar refractivity (Wildman–Crippen MR) is 149 cm³/mol. The third-order valence-corrected chi connectivity index (χ3v) is 9.71. The highest BCUT2D eigenvalue weighted by Crippen LogP contribution is 2.33. The van der Waals surface area contributed by atoms with E-state index in [1.807, 2.05) is 24.3 Å². The van der Waals surface area contributed by atoms with Gasteiger partial charge in [-0.2, -0.15) is 0 Å². The highest BCUT2D eigenvalue weighted by molar-refractivity contribution is 5.99. The molecule has 1 N–H and O–H groups in total. The number of nitrogens with zero attached hydrogens (tertiary/aromatic N) is 6. The van der Waals surface area contributed by atoms with Crippen molar-refractivity contribution < 1.29 is 19.1 Å². The maximum Gasteiger partial charge on any atom is 0.251 e. The van der Waals surface area contributed by atoms with Crippen LogP contribution >= 0.6 is 0 Å². The molecule has 1 aromatic carbocycles. The maximum absolute atomic E-state index is 14.0. The third kappa shape index (κ3) is 5.30. The fraction of sp³-hybridized carbons (Fsp3) is 0.690. The molecule has 2 aliphatic carbocycles. The molecule has 3 aliphatic heterocycles. The Morgan fingerprint density at radius 1 is 1.00 bits per heavy atom. The Morgan fingerprint density at radius 2 is 1.73 bits per heavy atom. The number of benzene rings is 1. The van der Waals surface area contributed by atoms with Gasteiger partial charge in [0.25, 0.3) is 5.91 Å². The van der Waals surface area contributed by atoms with Crippen molar-refractivity contribution in [2.24, 2.45) is 11.0 Å². The first kappa shape index (κ1) is 27.1. The average molecular weight is 550 g/mol. The van der Waals surface area contributed by atoms with Crippen LogP contribution in [0.4, 0.5) is 5.69 Å². The normalized spacial score (nSPS) is 28.5. The first-order chi connectivity index (χ1) is 19.5. The Kier molecular flexibility index (Phi) is 7.96. The van der Waals surface area contributed by atoms with Gasteiger partial charge in [0.15, 0.2) is 5.78 Å². The number of azide groups is 1. The number of anilines is 1. The van der Waals surface area contributed by atoms with Crippen molar-refractivity contribution in [2.45, 2.75) is 81.6 Å². The van der Waals surface area contributed by atoms with Gasteiger partial charge in [-0.15, -0.1) is 0 Å². The standard InChI is InChI=1S/C29H39N7O4/c30-33-32-23-17-36(26-24(37)18-40-27(23)26)29(39)25(19-5-2-1-3-6-19)31-28(38)20-9-11-22(12-10-20)35-15-13-34(14-16-35)21-7-4-8-21/h9-12,19,21,23,25-27H,1-8,13-18H2,(H,31,38)/t23-,25-,26+,27+/m0/s1. The summed E-state index contributed by atoms with van der Waals surface area (Å²) in [5.41, 5.74) is 10.6. The molecule has 2 saturated carbocycles. The lowest BCUT2D eigenvalue weighted by Gasteiger charge is -2.43. The number of carbonyl (C=O) groups excluding carboxylic acids is 3. The van der Waals surface area contributed by atoms with Gasteiger partial charge in [-0.1, -0.05) is 30.8 Å². The fourth-order valence-corrected chi connectivity index (χ4v) is 7.20. The van der Waals surface area contributed by atoms with Crippen molar-refractivity contribution in [3.05, 3.63) is 40.3 Å². The molecule has 2 amide bonds. The number of carbonyl (C=O) groups is 3. The van der Waals surface area contributed by atoms with E-state index in [0.29, 0.717) is 5.56 Å². The number of ether oxygens (including phenoxy) is 1. The van der Waals surface area contributed by atoms with Crippen LogP contribution in [0.25, 0.3) is 10.4 Å². The van der Waals surface area contributed by atoms with Crippen molar-refractivity contribution in [2.75, 3.05) is 44.2 Å². The Hall–Kier alpha value is -3.14. The van der Waals surface area contributed by atoms with Gasteiger partial charge in [0.05, 0.1) is 12.1 Å². The van der Waals surface area contributed by atoms with E-state index in [9.17, 15) is 14.4 Å². The lowest BCUT2D eigenvalue weighted by molar-refractivity contribution is -0.139. The summed E-state index contributed by atoms with van der Waals surface area (Å²) in [5, 5.41) is 6.84. The van der Waals surface area contributed by atoms with Gasteiger partial charge < -0.3 is 19.9 Å². The molecular weight excluding hydrogens is 510 g/mol. The molecule has 40 heavy (non-hydrogen) atoms. The SMILES string of the molecule is [N-]=[N+]=N[C@H]1CN(C(=O)[C@@H](NC(=O)c2ccc(N3CCN(C4CCC4)CC3)cc2)C2CCCCC2)[C@@H]2C(=O)CO[C@H]12. The van der Waals surface area contributed by atoms with E-state index in [-0.39, 0.29) is 36.7 Å². The summed E-state index contributed by atoms with van der Waals surface area (Å²) in [6.45, 7) is 4.13. The van der Waals surface area contributed by atoms with Crippen molar-refractivity contribution in [3.8, 4) is 0 Å². The van der Waals surface area contributed by atoms with Gasteiger partial charge in [0.1, 0.15) is 18.7 Å². The number of fused-ring (bicyclic) bond motifs is 1. The number of hydrogen-bond acceptors (Lipinski definition) is 7. The Labute approximate surface area is 234 Å². The van der Waals surface area contributed by atoms with Crippen LogP contribution < -0.4 is 10.2 Å². The molecule has 0 radical (unpaired) electrons. The Bertz CT molecular complexity index is 1150. The van der Waals surface area contributed by atoms with E-state index in [0.717, 1.165) is 70.0 Å². The predicted octanol–water partition coefficient (Wildman–Crippen LogP) is 2.90. The second-order valence-electron chi connectivity index (χ2n) is 12.0.